The van der Waals surface area contributed by atoms with E-state index in [2.05, 4.69) is 0 Å². The Morgan fingerprint density at radius 2 is 1.73 bits per heavy atom. The quantitative estimate of drug-likeness (QED) is 0.533. The summed E-state index contributed by atoms with van der Waals surface area (Å²) in [5.41, 5.74) is 0.595. The van der Waals surface area contributed by atoms with Crippen LogP contribution in [0.25, 0.3) is 0 Å². The smallest absolute Gasteiger partial charge is 0.292 e. The van der Waals surface area contributed by atoms with Gasteiger partial charge < -0.3 is 19.4 Å². The first-order chi connectivity index (χ1) is 14.6. The minimum absolute atomic E-state index is 0.138. The summed E-state index contributed by atoms with van der Waals surface area (Å²) in [4.78, 5) is 43.9. The fourth-order valence-corrected chi connectivity index (χ4v) is 4.85. The number of nitrogens with zero attached hydrogens (tertiary/aromatic N) is 2. The van der Waals surface area contributed by atoms with Crippen LogP contribution in [-0.2, 0) is 14.4 Å². The van der Waals surface area contributed by atoms with Crippen molar-refractivity contribution in [3.63, 3.8) is 0 Å². The topological polar surface area (TPSA) is 75.8 Å². The van der Waals surface area contributed by atoms with Crippen LogP contribution in [0.1, 0.15) is 26.2 Å². The van der Waals surface area contributed by atoms with Gasteiger partial charge in [0.05, 0.1) is 58.0 Å². The average molecular weight is 417 g/mol. The largest absolute Gasteiger partial charge is 0.494 e. The van der Waals surface area contributed by atoms with Crippen molar-refractivity contribution in [3.05, 3.63) is 24.3 Å². The van der Waals surface area contributed by atoms with Crippen LogP contribution in [0, 0.1) is 0 Å². The number of benzene rings is 1. The summed E-state index contributed by atoms with van der Waals surface area (Å²) in [5.74, 6) is 0.646. The molecule has 3 fully saturated rings. The molecule has 3 aliphatic heterocycles. The molecule has 0 unspecified atom stereocenters. The fraction of sp³-hybridized carbons (Fsp3) is 0.591. The van der Waals surface area contributed by atoms with E-state index in [4.69, 9.17) is 4.74 Å². The fourth-order valence-electron chi connectivity index (χ4n) is 4.85. The minimum Gasteiger partial charge on any atom is -0.494 e. The van der Waals surface area contributed by atoms with Crippen LogP contribution in [0.5, 0.6) is 5.75 Å². The van der Waals surface area contributed by atoms with Crippen molar-refractivity contribution < 1.29 is 28.9 Å². The van der Waals surface area contributed by atoms with Gasteiger partial charge in [0, 0.05) is 12.8 Å². The Bertz CT molecular complexity index is 783. The molecule has 8 heteroatoms. The van der Waals surface area contributed by atoms with Gasteiger partial charge in [-0.2, -0.15) is 0 Å². The second-order valence-corrected chi connectivity index (χ2v) is 8.42. The lowest BCUT2D eigenvalue weighted by Gasteiger charge is -2.34. The number of carbonyl (C=O) groups is 3. The van der Waals surface area contributed by atoms with Crippen molar-refractivity contribution in [2.75, 3.05) is 57.3 Å². The SMILES string of the molecule is CCOc1ccc(N2C(=O)C[C@@H]([NH+]3CCN(C(=O)C[NH+]4CCCC4)CC3)C2=O)cc1. The van der Waals surface area contributed by atoms with Gasteiger partial charge in [-0.15, -0.1) is 0 Å². The zero-order valence-electron chi connectivity index (χ0n) is 17.7. The monoisotopic (exact) mass is 416 g/mol. The molecule has 0 spiro atoms. The van der Waals surface area contributed by atoms with Crippen LogP contribution in [0.4, 0.5) is 5.69 Å². The lowest BCUT2D eigenvalue weighted by atomic mass is 10.1. The Balaban J connectivity index is 1.33. The minimum atomic E-state index is -0.356. The van der Waals surface area contributed by atoms with Crippen molar-refractivity contribution in [3.8, 4) is 5.75 Å². The van der Waals surface area contributed by atoms with E-state index in [1.165, 1.54) is 22.6 Å². The molecule has 1 aromatic rings. The van der Waals surface area contributed by atoms with Gasteiger partial charge in [-0.25, -0.2) is 4.90 Å². The molecular formula is C22H32N4O4+2. The van der Waals surface area contributed by atoms with E-state index in [9.17, 15) is 14.4 Å². The zero-order valence-corrected chi connectivity index (χ0v) is 17.7. The second-order valence-electron chi connectivity index (χ2n) is 8.42. The molecule has 0 aromatic heterocycles. The normalized spacial score (nSPS) is 23.4. The molecule has 4 rings (SSSR count). The number of hydrogen-bond acceptors (Lipinski definition) is 4. The lowest BCUT2D eigenvalue weighted by molar-refractivity contribution is -0.918. The Morgan fingerprint density at radius 1 is 1.07 bits per heavy atom. The van der Waals surface area contributed by atoms with Gasteiger partial charge in [-0.05, 0) is 31.2 Å². The first-order valence-corrected chi connectivity index (χ1v) is 11.1. The summed E-state index contributed by atoms with van der Waals surface area (Å²) in [6, 6.07) is 6.73. The number of ether oxygens (including phenoxy) is 1. The first-order valence-electron chi connectivity index (χ1n) is 11.1. The Hall–Kier alpha value is -2.45. The van der Waals surface area contributed by atoms with E-state index in [-0.39, 0.29) is 30.2 Å². The summed E-state index contributed by atoms with van der Waals surface area (Å²) in [6.07, 6.45) is 2.65. The number of imide groups is 1. The zero-order chi connectivity index (χ0) is 21.1. The van der Waals surface area contributed by atoms with Gasteiger partial charge in [-0.3, -0.25) is 14.4 Å². The van der Waals surface area contributed by atoms with Crippen LogP contribution in [-0.4, -0.2) is 81.1 Å². The number of amides is 3. The molecule has 0 aliphatic carbocycles. The summed E-state index contributed by atoms with van der Waals surface area (Å²) < 4.78 is 5.44. The van der Waals surface area contributed by atoms with Gasteiger partial charge in [0.1, 0.15) is 5.75 Å². The summed E-state index contributed by atoms with van der Waals surface area (Å²) >= 11 is 0. The highest BCUT2D eigenvalue weighted by Gasteiger charge is 2.46. The van der Waals surface area contributed by atoms with Crippen molar-refractivity contribution >= 4 is 23.4 Å². The average Bonchev–Trinajstić information content (AvgIpc) is 3.36. The molecule has 0 bridgehead atoms. The molecular weight excluding hydrogens is 384 g/mol. The van der Waals surface area contributed by atoms with Crippen LogP contribution in [0.2, 0.25) is 0 Å². The van der Waals surface area contributed by atoms with Gasteiger partial charge in [-0.1, -0.05) is 0 Å². The Labute approximate surface area is 177 Å². The Kier molecular flexibility index (Phi) is 6.34. The molecule has 3 amide bonds. The maximum absolute atomic E-state index is 13.0. The van der Waals surface area contributed by atoms with Crippen molar-refractivity contribution in [1.82, 2.24) is 4.90 Å². The molecule has 0 radical (unpaired) electrons. The summed E-state index contributed by atoms with van der Waals surface area (Å²) in [7, 11) is 0. The Morgan fingerprint density at radius 3 is 2.37 bits per heavy atom. The number of anilines is 1. The van der Waals surface area contributed by atoms with E-state index >= 15 is 0 Å². The molecule has 3 heterocycles. The number of piperazine rings is 1. The number of carbonyl (C=O) groups excluding carboxylic acids is 3. The first kappa shape index (κ1) is 20.8. The standard InChI is InChI=1S/C22H30N4O4/c1-2-30-18-7-5-17(6-8-18)26-20(27)15-19(22(26)29)24-11-13-25(14-12-24)21(28)16-23-9-3-4-10-23/h5-8,19H,2-4,9-16H2,1H3/p+2/t19-/m1/s1. The van der Waals surface area contributed by atoms with Crippen LogP contribution in [0.3, 0.4) is 0 Å². The van der Waals surface area contributed by atoms with E-state index < -0.39 is 0 Å². The van der Waals surface area contributed by atoms with E-state index in [0.29, 0.717) is 45.0 Å². The maximum atomic E-state index is 13.0. The third-order valence-corrected chi connectivity index (χ3v) is 6.52. The van der Waals surface area contributed by atoms with Gasteiger partial charge in [0.15, 0.2) is 12.6 Å². The molecule has 0 saturated carbocycles. The third kappa shape index (κ3) is 4.34. The van der Waals surface area contributed by atoms with Crippen molar-refractivity contribution in [2.45, 2.75) is 32.2 Å². The molecule has 2 N–H and O–H groups in total. The van der Waals surface area contributed by atoms with Gasteiger partial charge >= 0.3 is 0 Å². The van der Waals surface area contributed by atoms with E-state index in [1.54, 1.807) is 24.3 Å². The predicted octanol–water partition coefficient (Wildman–Crippen LogP) is -1.88. The van der Waals surface area contributed by atoms with Crippen LogP contribution >= 0.6 is 0 Å². The number of quaternary nitrogens is 2. The summed E-state index contributed by atoms with van der Waals surface area (Å²) in [5, 5.41) is 0. The number of hydrogen-bond donors (Lipinski definition) is 2. The van der Waals surface area contributed by atoms with Crippen LogP contribution in [0.15, 0.2) is 24.3 Å². The molecule has 1 aromatic carbocycles. The molecule has 1 atom stereocenters. The van der Waals surface area contributed by atoms with Crippen LogP contribution < -0.4 is 19.4 Å². The second kappa shape index (κ2) is 9.14. The highest BCUT2D eigenvalue weighted by atomic mass is 16.5. The maximum Gasteiger partial charge on any atom is 0.292 e. The van der Waals surface area contributed by atoms with E-state index in [0.717, 1.165) is 23.7 Å². The van der Waals surface area contributed by atoms with E-state index in [1.807, 2.05) is 11.8 Å². The lowest BCUT2D eigenvalue weighted by Crippen LogP contribution is -3.19. The van der Waals surface area contributed by atoms with Crippen molar-refractivity contribution in [2.24, 2.45) is 0 Å². The highest BCUT2D eigenvalue weighted by Crippen LogP contribution is 2.24. The van der Waals surface area contributed by atoms with Crippen molar-refractivity contribution in [1.29, 1.82) is 0 Å². The summed E-state index contributed by atoms with van der Waals surface area (Å²) in [6.45, 7) is 7.99. The highest BCUT2D eigenvalue weighted by molar-refractivity contribution is 6.21. The molecule has 30 heavy (non-hydrogen) atoms. The molecule has 162 valence electrons. The third-order valence-electron chi connectivity index (χ3n) is 6.52. The molecule has 3 saturated heterocycles. The number of rotatable bonds is 6. The molecule has 3 aliphatic rings. The molecule has 8 nitrogen and oxygen atoms in total. The number of nitrogens with one attached hydrogen (secondary N) is 2. The number of likely N-dealkylation sites (tertiary alicyclic amines) is 1. The predicted molar refractivity (Wildman–Crippen MR) is 111 cm³/mol. The van der Waals surface area contributed by atoms with Gasteiger partial charge in [0.2, 0.25) is 5.91 Å². The van der Waals surface area contributed by atoms with Gasteiger partial charge in [0.25, 0.3) is 11.8 Å².